The van der Waals surface area contributed by atoms with Crippen molar-refractivity contribution in [3.63, 3.8) is 0 Å². The van der Waals surface area contributed by atoms with Crippen molar-refractivity contribution in [1.29, 1.82) is 0 Å². The minimum Gasteiger partial charge on any atom is -0.454 e. The molecular weight excluding hydrogens is 430 g/mol. The molecule has 2 aromatic rings. The van der Waals surface area contributed by atoms with Crippen molar-refractivity contribution in [3.8, 4) is 0 Å². The maximum absolute atomic E-state index is 12.4. The standard InChI is InChI=1S/C23H27N3O7/c1-14(2)21(25-23(29)33-12-17-8-6-5-7-9-17)22(28)32-13-20(27)24-18-10-15(3)16(4)11-19(18)26(30)31/h5-11,14,21H,12-13H2,1-4H3,(H,24,27)(H,25,29). The van der Waals surface area contributed by atoms with Gasteiger partial charge >= 0.3 is 12.1 Å². The van der Waals surface area contributed by atoms with Gasteiger partial charge in [-0.15, -0.1) is 0 Å². The van der Waals surface area contributed by atoms with Crippen LogP contribution in [0.3, 0.4) is 0 Å². The van der Waals surface area contributed by atoms with E-state index in [2.05, 4.69) is 10.6 Å². The molecule has 10 nitrogen and oxygen atoms in total. The Morgan fingerprint density at radius 1 is 1.03 bits per heavy atom. The van der Waals surface area contributed by atoms with Crippen LogP contribution in [0.1, 0.15) is 30.5 Å². The van der Waals surface area contributed by atoms with Crippen molar-refractivity contribution in [1.82, 2.24) is 5.32 Å². The van der Waals surface area contributed by atoms with Crippen LogP contribution in [0.4, 0.5) is 16.2 Å². The molecule has 0 spiro atoms. The SMILES string of the molecule is Cc1cc(NC(=O)COC(=O)C(NC(=O)OCc2ccccc2)C(C)C)c([N+](=O)[O-])cc1C. The number of carbonyl (C=O) groups is 3. The number of anilines is 1. The fourth-order valence-corrected chi connectivity index (χ4v) is 2.85. The van der Waals surface area contributed by atoms with Crippen molar-refractivity contribution < 1.29 is 28.8 Å². The molecule has 2 aromatic carbocycles. The van der Waals surface area contributed by atoms with E-state index in [1.54, 1.807) is 39.8 Å². The summed E-state index contributed by atoms with van der Waals surface area (Å²) in [6.07, 6.45) is -0.801. The molecule has 2 amide bonds. The van der Waals surface area contributed by atoms with Crippen LogP contribution in [-0.4, -0.2) is 35.5 Å². The topological polar surface area (TPSA) is 137 Å². The van der Waals surface area contributed by atoms with Gasteiger partial charge in [-0.3, -0.25) is 14.9 Å². The van der Waals surface area contributed by atoms with Crippen LogP contribution >= 0.6 is 0 Å². The number of benzene rings is 2. The first-order valence-corrected chi connectivity index (χ1v) is 10.3. The lowest BCUT2D eigenvalue weighted by Crippen LogP contribution is -2.46. The maximum atomic E-state index is 12.4. The molecule has 0 radical (unpaired) electrons. The number of rotatable bonds is 9. The summed E-state index contributed by atoms with van der Waals surface area (Å²) in [6.45, 7) is 6.23. The summed E-state index contributed by atoms with van der Waals surface area (Å²) in [6, 6.07) is 10.8. The van der Waals surface area contributed by atoms with Crippen LogP contribution in [0, 0.1) is 29.9 Å². The molecule has 0 aromatic heterocycles. The fourth-order valence-electron chi connectivity index (χ4n) is 2.85. The highest BCUT2D eigenvalue weighted by Crippen LogP contribution is 2.27. The van der Waals surface area contributed by atoms with Gasteiger partial charge in [-0.05, 0) is 42.5 Å². The summed E-state index contributed by atoms with van der Waals surface area (Å²) in [5.41, 5.74) is 1.99. The summed E-state index contributed by atoms with van der Waals surface area (Å²) in [4.78, 5) is 47.4. The molecule has 0 aliphatic rings. The van der Waals surface area contributed by atoms with Crippen LogP contribution in [0.2, 0.25) is 0 Å². The van der Waals surface area contributed by atoms with E-state index < -0.39 is 35.5 Å². The third-order valence-electron chi connectivity index (χ3n) is 4.84. The monoisotopic (exact) mass is 457 g/mol. The Balaban J connectivity index is 1.92. The summed E-state index contributed by atoms with van der Waals surface area (Å²) in [5.74, 6) is -1.92. The largest absolute Gasteiger partial charge is 0.454 e. The molecule has 10 heteroatoms. The lowest BCUT2D eigenvalue weighted by molar-refractivity contribution is -0.384. The van der Waals surface area contributed by atoms with Gasteiger partial charge in [0.1, 0.15) is 18.3 Å². The van der Waals surface area contributed by atoms with E-state index in [-0.39, 0.29) is 23.9 Å². The van der Waals surface area contributed by atoms with Gasteiger partial charge in [0, 0.05) is 6.07 Å². The van der Waals surface area contributed by atoms with E-state index in [4.69, 9.17) is 9.47 Å². The number of nitro groups is 1. The number of hydrogen-bond donors (Lipinski definition) is 2. The van der Waals surface area contributed by atoms with Crippen molar-refractivity contribution in [2.75, 3.05) is 11.9 Å². The second kappa shape index (κ2) is 11.6. The third kappa shape index (κ3) is 7.60. The summed E-state index contributed by atoms with van der Waals surface area (Å²) in [7, 11) is 0. The molecule has 1 unspecified atom stereocenters. The zero-order valence-corrected chi connectivity index (χ0v) is 18.9. The number of hydrogen-bond acceptors (Lipinski definition) is 7. The van der Waals surface area contributed by atoms with Gasteiger partial charge in [-0.2, -0.15) is 0 Å². The van der Waals surface area contributed by atoms with Crippen LogP contribution < -0.4 is 10.6 Å². The number of nitrogens with zero attached hydrogens (tertiary/aromatic N) is 1. The molecule has 0 saturated heterocycles. The Morgan fingerprint density at radius 3 is 2.27 bits per heavy atom. The second-order valence-electron chi connectivity index (χ2n) is 7.79. The molecule has 0 heterocycles. The van der Waals surface area contributed by atoms with Crippen molar-refractivity contribution in [3.05, 3.63) is 69.3 Å². The summed E-state index contributed by atoms with van der Waals surface area (Å²) >= 11 is 0. The van der Waals surface area contributed by atoms with Gasteiger partial charge in [0.25, 0.3) is 11.6 Å². The molecule has 0 bridgehead atoms. The highest BCUT2D eigenvalue weighted by atomic mass is 16.6. The number of aryl methyl sites for hydroxylation is 2. The molecule has 176 valence electrons. The zero-order chi connectivity index (χ0) is 24.5. The van der Waals surface area contributed by atoms with Gasteiger partial charge < -0.3 is 20.1 Å². The number of nitro benzene ring substituents is 1. The Hall–Kier alpha value is -3.95. The number of alkyl carbamates (subject to hydrolysis) is 1. The molecule has 0 aliphatic heterocycles. The molecule has 0 aliphatic carbocycles. The maximum Gasteiger partial charge on any atom is 0.408 e. The van der Waals surface area contributed by atoms with E-state index in [1.807, 2.05) is 18.2 Å². The normalized spacial score (nSPS) is 11.4. The Morgan fingerprint density at radius 2 is 1.67 bits per heavy atom. The molecule has 2 N–H and O–H groups in total. The van der Waals surface area contributed by atoms with E-state index in [9.17, 15) is 24.5 Å². The lowest BCUT2D eigenvalue weighted by atomic mass is 10.1. The Kier molecular flexibility index (Phi) is 8.90. The van der Waals surface area contributed by atoms with Gasteiger partial charge in [0.2, 0.25) is 0 Å². The predicted molar refractivity (Wildman–Crippen MR) is 121 cm³/mol. The summed E-state index contributed by atoms with van der Waals surface area (Å²) in [5, 5.41) is 16.1. The molecule has 0 fully saturated rings. The number of carbonyl (C=O) groups excluding carboxylic acids is 3. The van der Waals surface area contributed by atoms with Crippen molar-refractivity contribution in [2.24, 2.45) is 5.92 Å². The van der Waals surface area contributed by atoms with E-state index in [0.29, 0.717) is 5.56 Å². The third-order valence-corrected chi connectivity index (χ3v) is 4.84. The molecule has 33 heavy (non-hydrogen) atoms. The fraction of sp³-hybridized carbons (Fsp3) is 0.348. The number of ether oxygens (including phenoxy) is 2. The average Bonchev–Trinajstić information content (AvgIpc) is 2.77. The summed E-state index contributed by atoms with van der Waals surface area (Å²) < 4.78 is 10.1. The van der Waals surface area contributed by atoms with E-state index in [1.165, 1.54) is 12.1 Å². The molecule has 1 atom stereocenters. The average molecular weight is 457 g/mol. The first-order valence-electron chi connectivity index (χ1n) is 10.3. The zero-order valence-electron chi connectivity index (χ0n) is 18.9. The number of esters is 1. The van der Waals surface area contributed by atoms with Gasteiger partial charge in [-0.25, -0.2) is 9.59 Å². The molecule has 2 rings (SSSR count). The Bertz CT molecular complexity index is 1020. The van der Waals surface area contributed by atoms with Crippen LogP contribution in [-0.2, 0) is 25.7 Å². The first kappa shape index (κ1) is 25.3. The lowest BCUT2D eigenvalue weighted by Gasteiger charge is -2.20. The van der Waals surface area contributed by atoms with Gasteiger partial charge in [-0.1, -0.05) is 44.2 Å². The van der Waals surface area contributed by atoms with Crippen LogP contribution in [0.15, 0.2) is 42.5 Å². The van der Waals surface area contributed by atoms with E-state index >= 15 is 0 Å². The van der Waals surface area contributed by atoms with Gasteiger partial charge in [0.05, 0.1) is 4.92 Å². The van der Waals surface area contributed by atoms with Crippen LogP contribution in [0.5, 0.6) is 0 Å². The molecule has 0 saturated carbocycles. The van der Waals surface area contributed by atoms with Crippen molar-refractivity contribution in [2.45, 2.75) is 40.3 Å². The Labute approximate surface area is 191 Å². The minimum absolute atomic E-state index is 0.00664. The molecular formula is C23H27N3O7. The quantitative estimate of drug-likeness (QED) is 0.333. The smallest absolute Gasteiger partial charge is 0.408 e. The van der Waals surface area contributed by atoms with E-state index in [0.717, 1.165) is 11.1 Å². The predicted octanol–water partition coefficient (Wildman–Crippen LogP) is 3.64. The highest BCUT2D eigenvalue weighted by molar-refractivity contribution is 5.95. The highest BCUT2D eigenvalue weighted by Gasteiger charge is 2.27. The van der Waals surface area contributed by atoms with Gasteiger partial charge in [0.15, 0.2) is 6.61 Å². The number of nitrogens with one attached hydrogen (secondary N) is 2. The minimum atomic E-state index is -1.04. The van der Waals surface area contributed by atoms with Crippen LogP contribution in [0.25, 0.3) is 0 Å². The first-order chi connectivity index (χ1) is 15.6. The van der Waals surface area contributed by atoms with Crippen molar-refractivity contribution >= 4 is 29.3 Å². The second-order valence-corrected chi connectivity index (χ2v) is 7.79. The number of amides is 2.